The third kappa shape index (κ3) is 4.75. The summed E-state index contributed by atoms with van der Waals surface area (Å²) >= 11 is 0. The monoisotopic (exact) mass is 441 g/mol. The predicted molar refractivity (Wildman–Crippen MR) is 132 cm³/mol. The van der Waals surface area contributed by atoms with Crippen LogP contribution in [0.15, 0.2) is 78.9 Å². The average molecular weight is 442 g/mol. The van der Waals surface area contributed by atoms with Crippen LogP contribution in [0.2, 0.25) is 0 Å². The van der Waals surface area contributed by atoms with E-state index in [1.807, 2.05) is 43.4 Å². The van der Waals surface area contributed by atoms with Crippen molar-refractivity contribution in [2.75, 3.05) is 20.7 Å². The van der Waals surface area contributed by atoms with Gasteiger partial charge >= 0.3 is 0 Å². The molecule has 0 bridgehead atoms. The minimum atomic E-state index is -0.250. The molecule has 3 nitrogen and oxygen atoms in total. The number of carbonyl (C=O) groups excluding carboxylic acids is 1. The molecule has 4 aromatic rings. The van der Waals surface area contributed by atoms with Gasteiger partial charge in [0.15, 0.2) is 0 Å². The summed E-state index contributed by atoms with van der Waals surface area (Å²) < 4.78 is 18.7. The number of rotatable bonds is 7. The summed E-state index contributed by atoms with van der Waals surface area (Å²) in [6.45, 7) is 2.67. The number of carbonyl (C=O) groups is 1. The SMILES string of the molecule is CCc1cc(C(=O)N(C)CCc2ccc(F)cc2)ccc1-c1ccc(OC)c2ccccc12. The van der Waals surface area contributed by atoms with Gasteiger partial charge in [-0.05, 0) is 70.8 Å². The normalized spacial score (nSPS) is 10.9. The fraction of sp³-hybridized carbons (Fsp3) is 0.207. The number of halogens is 1. The molecule has 4 rings (SSSR count). The van der Waals surface area contributed by atoms with Gasteiger partial charge in [-0.25, -0.2) is 4.39 Å². The van der Waals surface area contributed by atoms with Gasteiger partial charge in [-0.3, -0.25) is 4.79 Å². The van der Waals surface area contributed by atoms with Crippen LogP contribution in [-0.4, -0.2) is 31.5 Å². The molecule has 0 atom stereocenters. The zero-order chi connectivity index (χ0) is 23.4. The number of fused-ring (bicyclic) bond motifs is 1. The first-order valence-electron chi connectivity index (χ1n) is 11.2. The molecule has 0 saturated carbocycles. The molecule has 4 heteroatoms. The van der Waals surface area contributed by atoms with E-state index >= 15 is 0 Å². The standard InChI is InChI=1S/C29H28FNO2/c1-4-21-19-22(29(32)31(2)18-17-20-9-12-23(30)13-10-20)11-14-24(21)26-15-16-28(33-3)27-8-6-5-7-25(26)27/h5-16,19H,4,17-18H2,1-3H3. The highest BCUT2D eigenvalue weighted by molar-refractivity contribution is 6.01. The number of methoxy groups -OCH3 is 1. The maximum Gasteiger partial charge on any atom is 0.253 e. The van der Waals surface area contributed by atoms with Gasteiger partial charge in [0.1, 0.15) is 11.6 Å². The molecule has 4 aromatic carbocycles. The van der Waals surface area contributed by atoms with Crippen LogP contribution in [0.25, 0.3) is 21.9 Å². The summed E-state index contributed by atoms with van der Waals surface area (Å²) in [5, 5.41) is 2.20. The highest BCUT2D eigenvalue weighted by atomic mass is 19.1. The quantitative estimate of drug-likeness (QED) is 0.326. The lowest BCUT2D eigenvalue weighted by Gasteiger charge is -2.19. The maximum atomic E-state index is 13.1. The molecule has 0 aromatic heterocycles. The summed E-state index contributed by atoms with van der Waals surface area (Å²) in [6, 6.07) is 24.7. The highest BCUT2D eigenvalue weighted by Gasteiger charge is 2.16. The minimum absolute atomic E-state index is 0.0158. The Morgan fingerprint density at radius 2 is 1.61 bits per heavy atom. The third-order valence-corrected chi connectivity index (χ3v) is 6.12. The predicted octanol–water partition coefficient (Wildman–Crippen LogP) is 6.53. The van der Waals surface area contributed by atoms with Crippen molar-refractivity contribution in [1.82, 2.24) is 4.90 Å². The van der Waals surface area contributed by atoms with Crippen molar-refractivity contribution < 1.29 is 13.9 Å². The molecule has 1 amide bonds. The van der Waals surface area contributed by atoms with Crippen LogP contribution in [0, 0.1) is 5.82 Å². The highest BCUT2D eigenvalue weighted by Crippen LogP contribution is 2.36. The van der Waals surface area contributed by atoms with Gasteiger partial charge in [-0.1, -0.05) is 55.5 Å². The van der Waals surface area contributed by atoms with Crippen LogP contribution in [-0.2, 0) is 12.8 Å². The number of amides is 1. The first-order valence-corrected chi connectivity index (χ1v) is 11.2. The van der Waals surface area contributed by atoms with Crippen molar-refractivity contribution in [2.24, 2.45) is 0 Å². The van der Waals surface area contributed by atoms with Crippen molar-refractivity contribution in [3.05, 3.63) is 101 Å². The smallest absolute Gasteiger partial charge is 0.253 e. The maximum absolute atomic E-state index is 13.1. The fourth-order valence-electron chi connectivity index (χ4n) is 4.24. The fourth-order valence-corrected chi connectivity index (χ4v) is 4.24. The number of aryl methyl sites for hydroxylation is 1. The lowest BCUT2D eigenvalue weighted by Crippen LogP contribution is -2.29. The second-order valence-corrected chi connectivity index (χ2v) is 8.19. The Labute approximate surface area is 194 Å². The first kappa shape index (κ1) is 22.5. The summed E-state index contributed by atoms with van der Waals surface area (Å²) in [5.41, 5.74) is 5.07. The van der Waals surface area contributed by atoms with Crippen LogP contribution in [0.3, 0.4) is 0 Å². The largest absolute Gasteiger partial charge is 0.496 e. The Bertz CT molecular complexity index is 1280. The van der Waals surface area contributed by atoms with Crippen LogP contribution >= 0.6 is 0 Å². The Morgan fingerprint density at radius 3 is 2.30 bits per heavy atom. The van der Waals surface area contributed by atoms with E-state index < -0.39 is 0 Å². The van der Waals surface area contributed by atoms with Crippen LogP contribution < -0.4 is 4.74 Å². The topological polar surface area (TPSA) is 29.5 Å². The molecule has 0 N–H and O–H groups in total. The van der Waals surface area contributed by atoms with Crippen molar-refractivity contribution in [1.29, 1.82) is 0 Å². The molecule has 0 radical (unpaired) electrons. The molecule has 0 aliphatic carbocycles. The van der Waals surface area contributed by atoms with Crippen molar-refractivity contribution >= 4 is 16.7 Å². The van der Waals surface area contributed by atoms with Gasteiger partial charge in [0.05, 0.1) is 7.11 Å². The molecule has 168 valence electrons. The zero-order valence-electron chi connectivity index (χ0n) is 19.3. The lowest BCUT2D eigenvalue weighted by atomic mass is 9.92. The van der Waals surface area contributed by atoms with Gasteiger partial charge in [0.25, 0.3) is 5.91 Å². The molecular weight excluding hydrogens is 413 g/mol. The Morgan fingerprint density at radius 1 is 0.909 bits per heavy atom. The van der Waals surface area contributed by atoms with E-state index in [4.69, 9.17) is 4.74 Å². The summed E-state index contributed by atoms with van der Waals surface area (Å²) in [6.07, 6.45) is 1.50. The molecule has 0 fully saturated rings. The molecule has 0 spiro atoms. The van der Waals surface area contributed by atoms with Crippen LogP contribution in [0.1, 0.15) is 28.4 Å². The van der Waals surface area contributed by atoms with Crippen molar-refractivity contribution in [3.63, 3.8) is 0 Å². The van der Waals surface area contributed by atoms with E-state index in [0.717, 1.165) is 45.2 Å². The first-order chi connectivity index (χ1) is 16.0. The van der Waals surface area contributed by atoms with E-state index in [1.165, 1.54) is 12.1 Å². The number of hydrogen-bond donors (Lipinski definition) is 0. The lowest BCUT2D eigenvalue weighted by molar-refractivity contribution is 0.0796. The van der Waals surface area contributed by atoms with E-state index in [9.17, 15) is 9.18 Å². The van der Waals surface area contributed by atoms with Gasteiger partial charge in [0.2, 0.25) is 0 Å². The summed E-state index contributed by atoms with van der Waals surface area (Å²) in [7, 11) is 3.49. The second-order valence-electron chi connectivity index (χ2n) is 8.19. The van der Waals surface area contributed by atoms with Gasteiger partial charge in [0, 0.05) is 24.5 Å². The molecule has 0 unspecified atom stereocenters. The number of nitrogens with zero attached hydrogens (tertiary/aromatic N) is 1. The number of likely N-dealkylation sites (N-methyl/N-ethyl adjacent to an activating group) is 1. The summed E-state index contributed by atoms with van der Waals surface area (Å²) in [4.78, 5) is 14.8. The zero-order valence-corrected chi connectivity index (χ0v) is 19.3. The third-order valence-electron chi connectivity index (χ3n) is 6.12. The number of ether oxygens (including phenoxy) is 1. The minimum Gasteiger partial charge on any atom is -0.496 e. The summed E-state index contributed by atoms with van der Waals surface area (Å²) in [5.74, 6) is 0.583. The molecular formula is C29H28FNO2. The van der Waals surface area contributed by atoms with E-state index in [1.54, 1.807) is 24.1 Å². The number of benzene rings is 4. The average Bonchev–Trinajstić information content (AvgIpc) is 2.86. The van der Waals surface area contributed by atoms with Crippen LogP contribution in [0.5, 0.6) is 5.75 Å². The molecule has 0 saturated heterocycles. The molecule has 33 heavy (non-hydrogen) atoms. The molecule has 0 aliphatic rings. The van der Waals surface area contributed by atoms with E-state index in [2.05, 4.69) is 25.1 Å². The van der Waals surface area contributed by atoms with Gasteiger partial charge < -0.3 is 9.64 Å². The van der Waals surface area contributed by atoms with Gasteiger partial charge in [-0.15, -0.1) is 0 Å². The van der Waals surface area contributed by atoms with E-state index in [-0.39, 0.29) is 11.7 Å². The molecule has 0 heterocycles. The van der Waals surface area contributed by atoms with Crippen molar-refractivity contribution in [3.8, 4) is 16.9 Å². The Hall–Kier alpha value is -3.66. The second kappa shape index (κ2) is 9.86. The number of hydrogen-bond acceptors (Lipinski definition) is 2. The Balaban J connectivity index is 1.60. The Kier molecular flexibility index (Phi) is 6.74. The van der Waals surface area contributed by atoms with Crippen molar-refractivity contribution in [2.45, 2.75) is 19.8 Å². The molecule has 0 aliphatic heterocycles. The van der Waals surface area contributed by atoms with E-state index in [0.29, 0.717) is 18.5 Å². The van der Waals surface area contributed by atoms with Gasteiger partial charge in [-0.2, -0.15) is 0 Å². The van der Waals surface area contributed by atoms with Crippen LogP contribution in [0.4, 0.5) is 4.39 Å².